The SMILES string of the molecule is COc1ccc2c(c1)c(C(C)N=O)cn2C. The van der Waals surface area contributed by atoms with Crippen molar-refractivity contribution in [1.82, 2.24) is 4.57 Å². The van der Waals surface area contributed by atoms with Crippen LogP contribution in [-0.2, 0) is 7.05 Å². The van der Waals surface area contributed by atoms with E-state index in [2.05, 4.69) is 5.18 Å². The van der Waals surface area contributed by atoms with Crippen LogP contribution in [0.2, 0.25) is 0 Å². The van der Waals surface area contributed by atoms with Gasteiger partial charge in [0.25, 0.3) is 0 Å². The molecule has 0 aliphatic rings. The van der Waals surface area contributed by atoms with E-state index < -0.39 is 0 Å². The highest BCUT2D eigenvalue weighted by atomic mass is 16.5. The predicted molar refractivity (Wildman–Crippen MR) is 63.7 cm³/mol. The number of hydrogen-bond acceptors (Lipinski definition) is 3. The van der Waals surface area contributed by atoms with Gasteiger partial charge in [0.2, 0.25) is 0 Å². The molecular weight excluding hydrogens is 204 g/mol. The van der Waals surface area contributed by atoms with Crippen LogP contribution >= 0.6 is 0 Å². The summed E-state index contributed by atoms with van der Waals surface area (Å²) in [5.41, 5.74) is 2.01. The van der Waals surface area contributed by atoms with E-state index in [4.69, 9.17) is 4.74 Å². The zero-order chi connectivity index (χ0) is 11.7. The molecule has 0 bridgehead atoms. The molecule has 1 heterocycles. The summed E-state index contributed by atoms with van der Waals surface area (Å²) in [7, 11) is 3.58. The summed E-state index contributed by atoms with van der Waals surface area (Å²) in [5.74, 6) is 0.790. The van der Waals surface area contributed by atoms with E-state index in [1.54, 1.807) is 14.0 Å². The van der Waals surface area contributed by atoms with E-state index in [1.807, 2.05) is 36.0 Å². The first-order valence-electron chi connectivity index (χ1n) is 5.12. The third-order valence-corrected chi connectivity index (χ3v) is 2.84. The molecule has 0 radical (unpaired) electrons. The number of fused-ring (bicyclic) bond motifs is 1. The molecule has 0 N–H and O–H groups in total. The van der Waals surface area contributed by atoms with Crippen molar-refractivity contribution in [3.63, 3.8) is 0 Å². The van der Waals surface area contributed by atoms with Gasteiger partial charge in [-0.05, 0) is 25.1 Å². The maximum absolute atomic E-state index is 10.6. The van der Waals surface area contributed by atoms with Gasteiger partial charge in [0.15, 0.2) is 0 Å². The van der Waals surface area contributed by atoms with Crippen LogP contribution in [0, 0.1) is 4.91 Å². The first kappa shape index (κ1) is 10.7. The molecule has 0 saturated carbocycles. The molecule has 1 atom stereocenters. The minimum atomic E-state index is -0.337. The van der Waals surface area contributed by atoms with E-state index in [0.29, 0.717) is 0 Å². The number of rotatable bonds is 3. The Balaban J connectivity index is 2.69. The van der Waals surface area contributed by atoms with Gasteiger partial charge in [0.1, 0.15) is 11.8 Å². The zero-order valence-corrected chi connectivity index (χ0v) is 9.60. The number of ether oxygens (including phenoxy) is 1. The predicted octanol–water partition coefficient (Wildman–Crippen LogP) is 3.01. The van der Waals surface area contributed by atoms with Gasteiger partial charge in [0.05, 0.1) is 7.11 Å². The van der Waals surface area contributed by atoms with Crippen LogP contribution in [0.15, 0.2) is 29.6 Å². The number of nitrogens with zero attached hydrogens (tertiary/aromatic N) is 2. The number of methoxy groups -OCH3 is 1. The first-order valence-corrected chi connectivity index (χ1v) is 5.12. The Morgan fingerprint density at radius 1 is 1.44 bits per heavy atom. The highest BCUT2D eigenvalue weighted by Gasteiger charge is 2.13. The van der Waals surface area contributed by atoms with E-state index in [1.165, 1.54) is 0 Å². The van der Waals surface area contributed by atoms with Crippen molar-refractivity contribution in [3.8, 4) is 5.75 Å². The molecule has 1 aromatic carbocycles. The van der Waals surface area contributed by atoms with E-state index in [0.717, 1.165) is 22.2 Å². The van der Waals surface area contributed by atoms with Crippen LogP contribution in [-0.4, -0.2) is 11.7 Å². The lowest BCUT2D eigenvalue weighted by atomic mass is 10.1. The molecule has 1 aromatic heterocycles. The van der Waals surface area contributed by atoms with Gasteiger partial charge in [-0.2, -0.15) is 4.91 Å². The highest BCUT2D eigenvalue weighted by molar-refractivity contribution is 5.85. The van der Waals surface area contributed by atoms with Crippen LogP contribution in [0.3, 0.4) is 0 Å². The third kappa shape index (κ3) is 1.56. The van der Waals surface area contributed by atoms with Crippen molar-refractivity contribution in [2.24, 2.45) is 12.2 Å². The van der Waals surface area contributed by atoms with Crippen LogP contribution in [0.1, 0.15) is 18.5 Å². The van der Waals surface area contributed by atoms with Crippen LogP contribution in [0.5, 0.6) is 5.75 Å². The molecule has 0 spiro atoms. The largest absolute Gasteiger partial charge is 0.497 e. The normalized spacial score (nSPS) is 12.7. The van der Waals surface area contributed by atoms with Gasteiger partial charge in [-0.15, -0.1) is 0 Å². The lowest BCUT2D eigenvalue weighted by Crippen LogP contribution is -1.86. The number of hydrogen-bond donors (Lipinski definition) is 0. The molecule has 84 valence electrons. The quantitative estimate of drug-likeness (QED) is 0.743. The van der Waals surface area contributed by atoms with Gasteiger partial charge in [-0.3, -0.25) is 0 Å². The Kier molecular flexibility index (Phi) is 2.64. The standard InChI is InChI=1S/C12H14N2O2/c1-8(13-15)11-7-14(2)12-5-4-9(16-3)6-10(11)12/h4-8H,1-3H3. The van der Waals surface area contributed by atoms with Crippen molar-refractivity contribution in [3.05, 3.63) is 34.9 Å². The first-order chi connectivity index (χ1) is 7.67. The second-order valence-corrected chi connectivity index (χ2v) is 3.86. The van der Waals surface area contributed by atoms with Crippen molar-refractivity contribution in [1.29, 1.82) is 0 Å². The minimum Gasteiger partial charge on any atom is -0.497 e. The molecule has 0 fully saturated rings. The topological polar surface area (TPSA) is 43.6 Å². The van der Waals surface area contributed by atoms with Crippen LogP contribution in [0.4, 0.5) is 0 Å². The molecule has 4 nitrogen and oxygen atoms in total. The lowest BCUT2D eigenvalue weighted by molar-refractivity contribution is 0.415. The van der Waals surface area contributed by atoms with Gasteiger partial charge in [0, 0.05) is 29.7 Å². The molecule has 2 aromatic rings. The van der Waals surface area contributed by atoms with Crippen LogP contribution < -0.4 is 4.74 Å². The van der Waals surface area contributed by atoms with Crippen molar-refractivity contribution in [2.75, 3.05) is 7.11 Å². The third-order valence-electron chi connectivity index (χ3n) is 2.84. The molecule has 16 heavy (non-hydrogen) atoms. The maximum atomic E-state index is 10.6. The Hall–Kier alpha value is -1.84. The molecule has 0 amide bonds. The molecule has 4 heteroatoms. The summed E-state index contributed by atoms with van der Waals surface area (Å²) in [5, 5.41) is 4.10. The fourth-order valence-electron chi connectivity index (χ4n) is 1.92. The van der Waals surface area contributed by atoms with Gasteiger partial charge in [-0.1, -0.05) is 5.18 Å². The summed E-state index contributed by atoms with van der Waals surface area (Å²) in [6.45, 7) is 1.79. The summed E-state index contributed by atoms with van der Waals surface area (Å²) in [4.78, 5) is 10.6. The second kappa shape index (κ2) is 3.96. The summed E-state index contributed by atoms with van der Waals surface area (Å²) < 4.78 is 7.17. The molecule has 0 saturated heterocycles. The zero-order valence-electron chi connectivity index (χ0n) is 9.60. The van der Waals surface area contributed by atoms with Gasteiger partial charge < -0.3 is 9.30 Å². The van der Waals surface area contributed by atoms with Crippen molar-refractivity contribution >= 4 is 10.9 Å². The number of aromatic nitrogens is 1. The molecule has 1 unspecified atom stereocenters. The monoisotopic (exact) mass is 218 g/mol. The molecule has 0 aliphatic heterocycles. The maximum Gasteiger partial charge on any atom is 0.119 e. The van der Waals surface area contributed by atoms with Crippen molar-refractivity contribution in [2.45, 2.75) is 13.0 Å². The highest BCUT2D eigenvalue weighted by Crippen LogP contribution is 2.30. The summed E-state index contributed by atoms with van der Waals surface area (Å²) in [6, 6.07) is 5.49. The van der Waals surface area contributed by atoms with Gasteiger partial charge in [-0.25, -0.2) is 0 Å². The average molecular weight is 218 g/mol. The second-order valence-electron chi connectivity index (χ2n) is 3.86. The Labute approximate surface area is 93.8 Å². The summed E-state index contributed by atoms with van der Waals surface area (Å²) in [6.07, 6.45) is 1.94. The van der Waals surface area contributed by atoms with Gasteiger partial charge >= 0.3 is 0 Å². The number of nitroso groups, excluding NO2 is 1. The average Bonchev–Trinajstić information content (AvgIpc) is 2.65. The lowest BCUT2D eigenvalue weighted by Gasteiger charge is -2.02. The Morgan fingerprint density at radius 3 is 2.81 bits per heavy atom. The smallest absolute Gasteiger partial charge is 0.119 e. The van der Waals surface area contributed by atoms with E-state index in [-0.39, 0.29) is 6.04 Å². The number of aryl methyl sites for hydroxylation is 1. The van der Waals surface area contributed by atoms with Crippen LogP contribution in [0.25, 0.3) is 10.9 Å². The Bertz CT molecular complexity index is 531. The minimum absolute atomic E-state index is 0.337. The molecule has 0 aliphatic carbocycles. The van der Waals surface area contributed by atoms with Crippen molar-refractivity contribution < 1.29 is 4.74 Å². The van der Waals surface area contributed by atoms with E-state index in [9.17, 15) is 4.91 Å². The molecule has 2 rings (SSSR count). The molecular formula is C12H14N2O2. The summed E-state index contributed by atoms with van der Waals surface area (Å²) >= 11 is 0. The van der Waals surface area contributed by atoms with E-state index >= 15 is 0 Å². The number of benzene rings is 1. The fourth-order valence-corrected chi connectivity index (χ4v) is 1.92. The Morgan fingerprint density at radius 2 is 2.19 bits per heavy atom. The fraction of sp³-hybridized carbons (Fsp3) is 0.333.